The van der Waals surface area contributed by atoms with Gasteiger partial charge in [0.1, 0.15) is 22.8 Å². The Hall–Kier alpha value is -5.16. The highest BCUT2D eigenvalue weighted by molar-refractivity contribution is 7.98. The minimum absolute atomic E-state index is 0.0601. The number of nitro groups is 1. The zero-order valence-electron chi connectivity index (χ0n) is 34.2. The molecule has 0 radical (unpaired) electrons. The Morgan fingerprint density at radius 1 is 1.07 bits per heavy atom. The van der Waals surface area contributed by atoms with Crippen LogP contribution < -0.4 is 19.7 Å². The van der Waals surface area contributed by atoms with Crippen molar-refractivity contribution in [1.29, 1.82) is 0 Å². The van der Waals surface area contributed by atoms with E-state index in [-0.39, 0.29) is 22.4 Å². The second kappa shape index (κ2) is 18.1. The van der Waals surface area contributed by atoms with Gasteiger partial charge in [0.2, 0.25) is 5.91 Å². The number of nitrogens with one attached hydrogen (secondary N) is 3. The van der Waals surface area contributed by atoms with Crippen LogP contribution in [0.2, 0.25) is 5.02 Å². The van der Waals surface area contributed by atoms with Gasteiger partial charge >= 0.3 is 0 Å². The molecule has 0 bridgehead atoms. The Labute approximate surface area is 363 Å². The standard InChI is InChI=1S/C45H50ClN7O7S/c1-44(2)15-11-31(38(26-44)29-3-5-33(46)6-4-29)28-51-17-19-52(20-18-51)34-7-9-37(41(24-34)60-35-23-30-12-16-47-42(30)48-27-35)43(54)50-61-36-8-10-39(40(25-36)53(57)58)49-45(55,56)32-13-21-59-22-14-32/h3-10,12,16,23-25,27,32,49,55-56H,11,13-15,17-22,26,28H2,1-2H3,(H,47,48)(H,50,54). The number of nitro benzene ring substituents is 1. The number of halogens is 1. The van der Waals surface area contributed by atoms with Crippen LogP contribution in [0.3, 0.4) is 0 Å². The molecule has 5 N–H and O–H groups in total. The van der Waals surface area contributed by atoms with E-state index in [1.807, 2.05) is 36.4 Å². The molecule has 14 nitrogen and oxygen atoms in total. The van der Waals surface area contributed by atoms with Crippen molar-refractivity contribution >= 4 is 63.1 Å². The molecule has 61 heavy (non-hydrogen) atoms. The van der Waals surface area contributed by atoms with Crippen LogP contribution in [-0.4, -0.2) is 87.8 Å². The summed E-state index contributed by atoms with van der Waals surface area (Å²) < 4.78 is 14.5. The predicted octanol–water partition coefficient (Wildman–Crippen LogP) is 8.62. The third-order valence-corrected chi connectivity index (χ3v) is 12.9. The van der Waals surface area contributed by atoms with Crippen molar-refractivity contribution in [2.45, 2.75) is 56.8 Å². The molecule has 2 fully saturated rings. The lowest BCUT2D eigenvalue weighted by atomic mass is 9.72. The maximum absolute atomic E-state index is 13.9. The van der Waals surface area contributed by atoms with Gasteiger partial charge in [0.15, 0.2) is 0 Å². The summed E-state index contributed by atoms with van der Waals surface area (Å²) in [5.41, 5.74) is 5.88. The van der Waals surface area contributed by atoms with Crippen LogP contribution in [0.1, 0.15) is 61.9 Å². The summed E-state index contributed by atoms with van der Waals surface area (Å²) in [6.45, 7) is 9.67. The number of pyridine rings is 1. The second-order valence-electron chi connectivity index (χ2n) is 16.8. The fourth-order valence-corrected chi connectivity index (χ4v) is 9.13. The molecule has 1 aliphatic carbocycles. The van der Waals surface area contributed by atoms with E-state index in [4.69, 9.17) is 21.1 Å². The van der Waals surface area contributed by atoms with Crippen molar-refractivity contribution in [2.24, 2.45) is 11.3 Å². The second-order valence-corrected chi connectivity index (χ2v) is 18.1. The van der Waals surface area contributed by atoms with E-state index in [9.17, 15) is 25.1 Å². The number of carbonyl (C=O) groups is 1. The molecule has 8 rings (SSSR count). The zero-order valence-corrected chi connectivity index (χ0v) is 35.7. The number of hydrogen-bond donors (Lipinski definition) is 5. The maximum atomic E-state index is 13.9. The maximum Gasteiger partial charge on any atom is 0.293 e. The Morgan fingerprint density at radius 2 is 1.84 bits per heavy atom. The van der Waals surface area contributed by atoms with Crippen LogP contribution in [0, 0.1) is 21.4 Å². The van der Waals surface area contributed by atoms with Gasteiger partial charge in [-0.25, -0.2) is 4.98 Å². The molecule has 2 aromatic heterocycles. The van der Waals surface area contributed by atoms with Gasteiger partial charge in [-0.05, 0) is 109 Å². The molecular formula is C45H50ClN7O7S. The van der Waals surface area contributed by atoms with E-state index < -0.39 is 22.7 Å². The summed E-state index contributed by atoms with van der Waals surface area (Å²) in [5.74, 6) is -2.63. The number of fused-ring (bicyclic) bond motifs is 1. The number of carbonyl (C=O) groups excluding carboxylic acids is 1. The molecule has 0 spiro atoms. The third-order valence-electron chi connectivity index (χ3n) is 11.9. The average molecular weight is 868 g/mol. The van der Waals surface area contributed by atoms with Gasteiger partial charge in [-0.3, -0.25) is 24.5 Å². The van der Waals surface area contributed by atoms with Gasteiger partial charge in [0.05, 0.1) is 16.7 Å². The van der Waals surface area contributed by atoms with Crippen LogP contribution in [0.15, 0.2) is 95.7 Å². The van der Waals surface area contributed by atoms with Crippen LogP contribution in [-0.2, 0) is 4.74 Å². The Kier molecular flexibility index (Phi) is 12.6. The van der Waals surface area contributed by atoms with Gasteiger partial charge in [0, 0.05) is 91.2 Å². The largest absolute Gasteiger partial charge is 0.455 e. The lowest BCUT2D eigenvalue weighted by Crippen LogP contribution is -2.47. The van der Waals surface area contributed by atoms with Crippen molar-refractivity contribution in [3.63, 3.8) is 0 Å². The summed E-state index contributed by atoms with van der Waals surface area (Å²) in [4.78, 5) is 38.1. The van der Waals surface area contributed by atoms with Gasteiger partial charge in [-0.15, -0.1) is 0 Å². The fraction of sp³-hybridized carbons (Fsp3) is 0.378. The van der Waals surface area contributed by atoms with Crippen molar-refractivity contribution in [2.75, 3.05) is 56.2 Å². The number of aromatic amines is 1. The fourth-order valence-electron chi connectivity index (χ4n) is 8.37. The monoisotopic (exact) mass is 867 g/mol. The first-order valence-corrected chi connectivity index (χ1v) is 21.8. The van der Waals surface area contributed by atoms with Gasteiger partial charge in [-0.1, -0.05) is 43.2 Å². The van der Waals surface area contributed by atoms with E-state index >= 15 is 0 Å². The summed E-state index contributed by atoms with van der Waals surface area (Å²) in [6, 6.07) is 21.7. The highest BCUT2D eigenvalue weighted by atomic mass is 35.5. The number of amides is 1. The number of anilines is 2. The van der Waals surface area contributed by atoms with E-state index in [0.29, 0.717) is 48.1 Å². The van der Waals surface area contributed by atoms with Gasteiger partial charge in [0.25, 0.3) is 11.6 Å². The Bertz CT molecular complexity index is 2430. The number of nitrogens with zero attached hydrogens (tertiary/aromatic N) is 4. The van der Waals surface area contributed by atoms with Crippen molar-refractivity contribution in [3.05, 3.63) is 117 Å². The molecule has 3 aromatic carbocycles. The van der Waals surface area contributed by atoms with Gasteiger partial charge in [-0.2, -0.15) is 0 Å². The predicted molar refractivity (Wildman–Crippen MR) is 238 cm³/mol. The summed E-state index contributed by atoms with van der Waals surface area (Å²) in [6.07, 6.45) is 7.44. The lowest BCUT2D eigenvalue weighted by Gasteiger charge is -2.39. The first kappa shape index (κ1) is 42.5. The molecule has 0 unspecified atom stereocenters. The third kappa shape index (κ3) is 10.1. The molecule has 2 aliphatic heterocycles. The normalized spacial score (nSPS) is 17.7. The van der Waals surface area contributed by atoms with Crippen LogP contribution in [0.4, 0.5) is 17.1 Å². The molecule has 0 atom stereocenters. The Balaban J connectivity index is 0.977. The SMILES string of the molecule is CC1(C)CCC(CN2CCN(c3ccc(C(=O)NSc4ccc(NC(O)(O)C5CCOCC5)c([N+](=O)[O-])c4)c(Oc4cnc5[nH]ccc5c4)c3)CC2)=C(c2ccc(Cl)cc2)C1. The molecule has 2 saturated heterocycles. The minimum atomic E-state index is -2.37. The summed E-state index contributed by atoms with van der Waals surface area (Å²) in [5, 5.41) is 37.8. The molecule has 0 saturated carbocycles. The number of rotatable bonds is 13. The van der Waals surface area contributed by atoms with E-state index in [0.717, 1.165) is 80.0 Å². The van der Waals surface area contributed by atoms with E-state index in [1.165, 1.54) is 28.8 Å². The number of aromatic nitrogens is 2. The smallest absolute Gasteiger partial charge is 0.293 e. The molecular weight excluding hydrogens is 818 g/mol. The van der Waals surface area contributed by atoms with Crippen LogP contribution in [0.25, 0.3) is 16.6 Å². The zero-order chi connectivity index (χ0) is 42.7. The first-order valence-electron chi connectivity index (χ1n) is 20.6. The van der Waals surface area contributed by atoms with Crippen LogP contribution >= 0.6 is 23.5 Å². The summed E-state index contributed by atoms with van der Waals surface area (Å²) >= 11 is 7.15. The highest BCUT2D eigenvalue weighted by Gasteiger charge is 2.37. The first-order chi connectivity index (χ1) is 29.3. The number of aliphatic hydroxyl groups is 2. The van der Waals surface area contributed by atoms with Crippen molar-refractivity contribution < 1.29 is 29.4 Å². The molecule has 320 valence electrons. The number of piperazine rings is 1. The number of ether oxygens (including phenoxy) is 2. The molecule has 5 aromatic rings. The van der Waals surface area contributed by atoms with Crippen molar-refractivity contribution in [1.82, 2.24) is 19.6 Å². The lowest BCUT2D eigenvalue weighted by molar-refractivity contribution is -0.384. The van der Waals surface area contributed by atoms with Crippen LogP contribution in [0.5, 0.6) is 11.5 Å². The van der Waals surface area contributed by atoms with Gasteiger partial charge < -0.3 is 34.9 Å². The minimum Gasteiger partial charge on any atom is -0.455 e. The molecule has 3 aliphatic rings. The molecule has 1 amide bonds. The Morgan fingerprint density at radius 3 is 2.59 bits per heavy atom. The topological polar surface area (TPSA) is 178 Å². The molecule has 16 heteroatoms. The number of H-pyrrole nitrogens is 1. The van der Waals surface area contributed by atoms with Crippen molar-refractivity contribution in [3.8, 4) is 11.5 Å². The average Bonchev–Trinajstić information content (AvgIpc) is 3.73. The summed E-state index contributed by atoms with van der Waals surface area (Å²) in [7, 11) is 0. The number of benzene rings is 3. The molecule has 4 heterocycles. The highest BCUT2D eigenvalue weighted by Crippen LogP contribution is 2.44. The van der Waals surface area contributed by atoms with E-state index in [1.54, 1.807) is 24.5 Å². The quantitative estimate of drug-likeness (QED) is 0.0330. The van der Waals surface area contributed by atoms with E-state index in [2.05, 4.69) is 55.8 Å². The number of hydrogen-bond acceptors (Lipinski definition) is 12. The number of allylic oxidation sites excluding steroid dienone is 1.